The third-order valence-electron chi connectivity index (χ3n) is 14.3. The first kappa shape index (κ1) is 63.3. The maximum Gasteiger partial charge on any atom is 0.249 e. The first-order valence-electron chi connectivity index (χ1n) is 29.4. The van der Waals surface area contributed by atoms with Crippen molar-refractivity contribution in [1.29, 1.82) is 0 Å². The molecule has 0 radical (unpaired) electrons. The normalized spacial score (nSPS) is 13.7. The Kier molecular flexibility index (Phi) is 52.7. The highest BCUT2D eigenvalue weighted by molar-refractivity contribution is 5.80. The predicted molar refractivity (Wildman–Crippen MR) is 279 cm³/mol. The molecular weight excluding hydrogens is 791 g/mol. The minimum absolute atomic E-state index is 0.376. The molecule has 0 aromatic carbocycles. The molecule has 0 aromatic rings. The van der Waals surface area contributed by atoms with Gasteiger partial charge in [-0.05, 0) is 12.8 Å². The summed E-state index contributed by atoms with van der Waals surface area (Å²) in [6.07, 6.45) is 61.8. The Hall–Kier alpha value is -0.690. The van der Waals surface area contributed by atoms with E-state index < -0.39 is 36.9 Å². The lowest BCUT2D eigenvalue weighted by molar-refractivity contribution is -0.132. The lowest BCUT2D eigenvalue weighted by atomic mass is 9.99. The minimum atomic E-state index is -1.25. The molecule has 64 heavy (non-hydrogen) atoms. The molecule has 0 rings (SSSR count). The number of aliphatic hydroxyl groups is 4. The smallest absolute Gasteiger partial charge is 0.249 e. The van der Waals surface area contributed by atoms with Crippen molar-refractivity contribution in [3.8, 4) is 0 Å². The molecule has 0 aromatic heterocycles. The third-order valence-corrected chi connectivity index (χ3v) is 14.3. The van der Waals surface area contributed by atoms with E-state index in [1.807, 2.05) is 0 Å². The number of hydrogen-bond acceptors (Lipinski definition) is 5. The van der Waals surface area contributed by atoms with Crippen molar-refractivity contribution < 1.29 is 25.2 Å². The first-order valence-corrected chi connectivity index (χ1v) is 29.4. The summed E-state index contributed by atoms with van der Waals surface area (Å²) in [6.45, 7) is 4.10. The fourth-order valence-electron chi connectivity index (χ4n) is 9.70. The average Bonchev–Trinajstić information content (AvgIpc) is 3.30. The molecule has 0 fully saturated rings. The maximum atomic E-state index is 12.6. The lowest BCUT2D eigenvalue weighted by Crippen LogP contribution is -2.53. The molecule has 384 valence electrons. The van der Waals surface area contributed by atoms with Gasteiger partial charge in [0, 0.05) is 0 Å². The number of nitrogens with one attached hydrogen (secondary N) is 1. The van der Waals surface area contributed by atoms with E-state index in [0.29, 0.717) is 12.8 Å². The zero-order valence-corrected chi connectivity index (χ0v) is 43.6. The molecule has 4 unspecified atom stereocenters. The molecule has 4 atom stereocenters. The number of unbranched alkanes of at least 4 members (excludes halogenated alkanes) is 46. The zero-order chi connectivity index (χ0) is 46.7. The van der Waals surface area contributed by atoms with Gasteiger partial charge in [-0.1, -0.05) is 322 Å². The number of aliphatic hydroxyl groups excluding tert-OH is 4. The van der Waals surface area contributed by atoms with Gasteiger partial charge in [0.2, 0.25) is 5.91 Å². The van der Waals surface area contributed by atoms with Crippen molar-refractivity contribution >= 4 is 5.91 Å². The van der Waals surface area contributed by atoms with Gasteiger partial charge in [-0.15, -0.1) is 0 Å². The van der Waals surface area contributed by atoms with Crippen molar-refractivity contribution in [2.75, 3.05) is 6.61 Å². The van der Waals surface area contributed by atoms with Crippen molar-refractivity contribution in [3.63, 3.8) is 0 Å². The van der Waals surface area contributed by atoms with E-state index in [2.05, 4.69) is 19.2 Å². The molecule has 0 aliphatic carbocycles. The highest BCUT2D eigenvalue weighted by Gasteiger charge is 2.28. The molecule has 6 heteroatoms. The quantitative estimate of drug-likeness (QED) is 0.0391. The van der Waals surface area contributed by atoms with Gasteiger partial charge in [-0.2, -0.15) is 0 Å². The number of carbonyl (C=O) groups excluding carboxylic acids is 1. The Labute approximate surface area is 400 Å². The first-order chi connectivity index (χ1) is 31.5. The standard InChI is InChI=1S/C58H117NO5/c1-3-5-7-9-11-13-15-17-19-21-23-25-26-27-28-29-30-31-32-34-36-38-40-42-44-46-48-50-52-56(62)58(64)59-54(53-60)57(63)55(61)51-49-47-45-43-41-39-37-35-33-24-22-20-18-16-14-12-10-8-6-4-2/h54-57,60-63H,3-53H2,1-2H3,(H,59,64). The fourth-order valence-corrected chi connectivity index (χ4v) is 9.70. The van der Waals surface area contributed by atoms with Gasteiger partial charge in [0.25, 0.3) is 0 Å². The molecular formula is C58H117NO5. The van der Waals surface area contributed by atoms with Gasteiger partial charge in [-0.3, -0.25) is 4.79 Å². The van der Waals surface area contributed by atoms with Crippen LogP contribution >= 0.6 is 0 Å². The SMILES string of the molecule is CCCCCCCCCCCCCCCCCCCCCCCCCCCCCCC(O)C(=O)NC(CO)C(O)C(O)CCCCCCCCCCCCCCCCCCCCCC. The van der Waals surface area contributed by atoms with Crippen LogP contribution in [0.15, 0.2) is 0 Å². The van der Waals surface area contributed by atoms with Crippen molar-refractivity contribution in [2.24, 2.45) is 0 Å². The molecule has 0 aliphatic heterocycles. The van der Waals surface area contributed by atoms with Crippen LogP contribution in [0.4, 0.5) is 0 Å². The van der Waals surface area contributed by atoms with Gasteiger partial charge in [0.05, 0.1) is 18.8 Å². The van der Waals surface area contributed by atoms with E-state index in [9.17, 15) is 25.2 Å². The van der Waals surface area contributed by atoms with Crippen LogP contribution < -0.4 is 5.32 Å². The Morgan fingerprint density at radius 3 is 0.750 bits per heavy atom. The summed E-state index contributed by atoms with van der Waals surface area (Å²) < 4.78 is 0. The maximum absolute atomic E-state index is 12.6. The summed E-state index contributed by atoms with van der Waals surface area (Å²) in [5, 5.41) is 44.1. The summed E-state index contributed by atoms with van der Waals surface area (Å²) >= 11 is 0. The second-order valence-corrected chi connectivity index (χ2v) is 20.7. The zero-order valence-electron chi connectivity index (χ0n) is 43.6. The van der Waals surface area contributed by atoms with Crippen molar-refractivity contribution in [3.05, 3.63) is 0 Å². The molecule has 0 saturated carbocycles. The van der Waals surface area contributed by atoms with Gasteiger partial charge in [0.1, 0.15) is 12.2 Å². The summed E-state index contributed by atoms with van der Waals surface area (Å²) in [7, 11) is 0. The second kappa shape index (κ2) is 53.3. The fraction of sp³-hybridized carbons (Fsp3) is 0.983. The van der Waals surface area contributed by atoms with Crippen LogP contribution in [-0.4, -0.2) is 57.3 Å². The van der Waals surface area contributed by atoms with Crippen LogP contribution in [0.1, 0.15) is 335 Å². The van der Waals surface area contributed by atoms with E-state index in [1.54, 1.807) is 0 Å². The number of rotatable bonds is 55. The third kappa shape index (κ3) is 46.4. The van der Waals surface area contributed by atoms with E-state index >= 15 is 0 Å². The lowest BCUT2D eigenvalue weighted by Gasteiger charge is -2.27. The summed E-state index contributed by atoms with van der Waals surface area (Å²) in [6, 6.07) is -0.981. The Bertz CT molecular complexity index is 887. The summed E-state index contributed by atoms with van der Waals surface area (Å²) in [5.41, 5.74) is 0. The van der Waals surface area contributed by atoms with Crippen LogP contribution in [0.25, 0.3) is 0 Å². The Morgan fingerprint density at radius 1 is 0.328 bits per heavy atom. The molecule has 5 N–H and O–H groups in total. The van der Waals surface area contributed by atoms with Crippen LogP contribution in [0, 0.1) is 0 Å². The molecule has 6 nitrogen and oxygen atoms in total. The van der Waals surface area contributed by atoms with Crippen LogP contribution in [0.2, 0.25) is 0 Å². The van der Waals surface area contributed by atoms with Crippen LogP contribution in [0.5, 0.6) is 0 Å². The van der Waals surface area contributed by atoms with E-state index in [4.69, 9.17) is 0 Å². The molecule has 0 aliphatic rings. The Morgan fingerprint density at radius 2 is 0.531 bits per heavy atom. The highest BCUT2D eigenvalue weighted by atomic mass is 16.3. The van der Waals surface area contributed by atoms with E-state index in [-0.39, 0.29) is 0 Å². The molecule has 0 spiro atoms. The van der Waals surface area contributed by atoms with Crippen LogP contribution in [-0.2, 0) is 4.79 Å². The van der Waals surface area contributed by atoms with Crippen LogP contribution in [0.3, 0.4) is 0 Å². The van der Waals surface area contributed by atoms with Gasteiger partial charge < -0.3 is 25.7 Å². The topological polar surface area (TPSA) is 110 Å². The molecule has 0 saturated heterocycles. The monoisotopic (exact) mass is 908 g/mol. The average molecular weight is 909 g/mol. The largest absolute Gasteiger partial charge is 0.394 e. The second-order valence-electron chi connectivity index (χ2n) is 20.7. The summed E-state index contributed by atoms with van der Waals surface area (Å²) in [5.74, 6) is -0.575. The minimum Gasteiger partial charge on any atom is -0.394 e. The molecule has 0 bridgehead atoms. The predicted octanol–water partition coefficient (Wildman–Crippen LogP) is 17.1. The number of carbonyl (C=O) groups is 1. The summed E-state index contributed by atoms with van der Waals surface area (Å²) in [4.78, 5) is 12.6. The van der Waals surface area contributed by atoms with Gasteiger partial charge in [0.15, 0.2) is 0 Å². The van der Waals surface area contributed by atoms with Crippen molar-refractivity contribution in [2.45, 2.75) is 359 Å². The Balaban J connectivity index is 3.56. The molecule has 0 heterocycles. The number of hydrogen-bond donors (Lipinski definition) is 5. The number of amides is 1. The van der Waals surface area contributed by atoms with Crippen molar-refractivity contribution in [1.82, 2.24) is 5.32 Å². The molecule has 1 amide bonds. The van der Waals surface area contributed by atoms with Gasteiger partial charge >= 0.3 is 0 Å². The van der Waals surface area contributed by atoms with Gasteiger partial charge in [-0.25, -0.2) is 0 Å². The van der Waals surface area contributed by atoms with E-state index in [0.717, 1.165) is 38.5 Å². The van der Waals surface area contributed by atoms with E-state index in [1.165, 1.54) is 270 Å². The highest BCUT2D eigenvalue weighted by Crippen LogP contribution is 2.19.